The van der Waals surface area contributed by atoms with Crippen molar-refractivity contribution in [2.45, 2.75) is 37.4 Å². The molecule has 6 nitrogen and oxygen atoms in total. The Kier molecular flexibility index (Phi) is 9.34. The standard InChI is InChI=1S/C20H25N3OS.CH2O2/c21-17-9-10-22-19(14-17)15-5-4-6-16(13-15)20(24)23-11-12-25-18-7-2-1-3-8-18;2-1-3/h4-6,9-10,13-14,18H,1-3,7-8,11-12H2,(H2,21,22)(H,23,24);1H,(H,2,3). The Morgan fingerprint density at radius 3 is 2.71 bits per heavy atom. The summed E-state index contributed by atoms with van der Waals surface area (Å²) < 4.78 is 0. The van der Waals surface area contributed by atoms with Crippen molar-refractivity contribution in [1.82, 2.24) is 10.3 Å². The maximum absolute atomic E-state index is 12.4. The van der Waals surface area contributed by atoms with Gasteiger partial charge < -0.3 is 16.2 Å². The van der Waals surface area contributed by atoms with E-state index in [1.165, 1.54) is 32.1 Å². The number of aromatic nitrogens is 1. The minimum Gasteiger partial charge on any atom is -0.483 e. The van der Waals surface area contributed by atoms with Crippen LogP contribution in [-0.2, 0) is 4.79 Å². The van der Waals surface area contributed by atoms with Crippen molar-refractivity contribution < 1.29 is 14.7 Å². The maximum Gasteiger partial charge on any atom is 0.290 e. The summed E-state index contributed by atoms with van der Waals surface area (Å²) in [6.45, 7) is 0.459. The zero-order valence-corrected chi connectivity index (χ0v) is 16.7. The lowest BCUT2D eigenvalue weighted by molar-refractivity contribution is -0.122. The number of carbonyl (C=O) groups excluding carboxylic acids is 1. The van der Waals surface area contributed by atoms with Crippen LogP contribution in [0.3, 0.4) is 0 Å². The molecule has 4 N–H and O–H groups in total. The molecule has 1 aromatic heterocycles. The van der Waals surface area contributed by atoms with Crippen LogP contribution in [0.4, 0.5) is 5.69 Å². The van der Waals surface area contributed by atoms with Gasteiger partial charge in [-0.3, -0.25) is 14.6 Å². The fourth-order valence-electron chi connectivity index (χ4n) is 3.15. The third kappa shape index (κ3) is 7.23. The number of carboxylic acid groups (broad SMARTS) is 1. The van der Waals surface area contributed by atoms with E-state index in [0.29, 0.717) is 17.8 Å². The van der Waals surface area contributed by atoms with Crippen LogP contribution < -0.4 is 11.1 Å². The van der Waals surface area contributed by atoms with Crippen LogP contribution >= 0.6 is 11.8 Å². The van der Waals surface area contributed by atoms with Gasteiger partial charge in [-0.2, -0.15) is 11.8 Å². The number of pyridine rings is 1. The lowest BCUT2D eigenvalue weighted by atomic mass is 10.0. The summed E-state index contributed by atoms with van der Waals surface area (Å²) in [5.74, 6) is 0.947. The number of anilines is 1. The topological polar surface area (TPSA) is 105 Å². The number of amides is 1. The molecule has 1 aliphatic carbocycles. The number of nitrogens with one attached hydrogen (secondary N) is 1. The number of thioether (sulfide) groups is 1. The largest absolute Gasteiger partial charge is 0.483 e. The highest BCUT2D eigenvalue weighted by molar-refractivity contribution is 7.99. The van der Waals surface area contributed by atoms with Crippen LogP contribution in [0.25, 0.3) is 11.3 Å². The number of hydrogen-bond acceptors (Lipinski definition) is 5. The van der Waals surface area contributed by atoms with E-state index in [9.17, 15) is 4.79 Å². The smallest absolute Gasteiger partial charge is 0.290 e. The van der Waals surface area contributed by atoms with E-state index < -0.39 is 0 Å². The first-order valence-corrected chi connectivity index (χ1v) is 10.5. The first kappa shape index (κ1) is 21.8. The maximum atomic E-state index is 12.4. The molecule has 28 heavy (non-hydrogen) atoms. The zero-order valence-electron chi connectivity index (χ0n) is 15.8. The lowest BCUT2D eigenvalue weighted by Crippen LogP contribution is -2.26. The highest BCUT2D eigenvalue weighted by Gasteiger charge is 2.13. The molecule has 0 bridgehead atoms. The molecule has 0 aliphatic heterocycles. The molecule has 0 saturated heterocycles. The van der Waals surface area contributed by atoms with Crippen LogP contribution in [0.5, 0.6) is 0 Å². The van der Waals surface area contributed by atoms with Gasteiger partial charge in [0.1, 0.15) is 0 Å². The average molecular weight is 402 g/mol. The highest BCUT2D eigenvalue weighted by atomic mass is 32.2. The number of nitrogens with zero attached hydrogens (tertiary/aromatic N) is 1. The molecular formula is C21H27N3O3S. The van der Waals surface area contributed by atoms with Crippen LogP contribution in [0.1, 0.15) is 42.5 Å². The van der Waals surface area contributed by atoms with E-state index in [2.05, 4.69) is 10.3 Å². The van der Waals surface area contributed by atoms with E-state index in [-0.39, 0.29) is 12.4 Å². The van der Waals surface area contributed by atoms with Gasteiger partial charge in [-0.05, 0) is 37.1 Å². The molecule has 1 heterocycles. The molecule has 3 rings (SSSR count). The molecule has 1 saturated carbocycles. The summed E-state index contributed by atoms with van der Waals surface area (Å²) in [6, 6.07) is 11.1. The second-order valence-corrected chi connectivity index (χ2v) is 7.96. The molecule has 0 unspecified atom stereocenters. The number of rotatable bonds is 6. The summed E-state index contributed by atoms with van der Waals surface area (Å²) in [7, 11) is 0. The number of benzene rings is 1. The van der Waals surface area contributed by atoms with Gasteiger partial charge in [0.25, 0.3) is 12.4 Å². The Hall–Kier alpha value is -2.54. The van der Waals surface area contributed by atoms with Gasteiger partial charge >= 0.3 is 0 Å². The monoisotopic (exact) mass is 401 g/mol. The summed E-state index contributed by atoms with van der Waals surface area (Å²) >= 11 is 2.00. The van der Waals surface area contributed by atoms with Crippen LogP contribution in [0.2, 0.25) is 0 Å². The Labute approximate surface area is 169 Å². The van der Waals surface area contributed by atoms with Gasteiger partial charge in [-0.15, -0.1) is 0 Å². The molecule has 1 amide bonds. The van der Waals surface area contributed by atoms with Crippen molar-refractivity contribution >= 4 is 29.8 Å². The number of hydrogen-bond donors (Lipinski definition) is 3. The fraction of sp³-hybridized carbons (Fsp3) is 0.381. The Bertz CT molecular complexity index is 764. The number of nitrogen functional groups attached to an aromatic ring is 1. The van der Waals surface area contributed by atoms with Crippen molar-refractivity contribution in [1.29, 1.82) is 0 Å². The first-order valence-electron chi connectivity index (χ1n) is 9.43. The second kappa shape index (κ2) is 12.0. The molecule has 1 aromatic carbocycles. The van der Waals surface area contributed by atoms with Crippen molar-refractivity contribution in [3.05, 3.63) is 48.2 Å². The molecule has 7 heteroatoms. The molecule has 2 aromatic rings. The summed E-state index contributed by atoms with van der Waals surface area (Å²) in [5, 5.41) is 10.7. The zero-order chi connectivity index (χ0) is 20.2. The Morgan fingerprint density at radius 2 is 2.00 bits per heavy atom. The third-order valence-electron chi connectivity index (χ3n) is 4.50. The SMILES string of the molecule is Nc1ccnc(-c2cccc(C(=O)NCCSC3CCCCC3)c2)c1.O=CO. The minimum atomic E-state index is -0.250. The van der Waals surface area contributed by atoms with E-state index >= 15 is 0 Å². The molecule has 0 radical (unpaired) electrons. The van der Waals surface area contributed by atoms with Crippen molar-refractivity contribution in [3.63, 3.8) is 0 Å². The van der Waals surface area contributed by atoms with E-state index in [4.69, 9.17) is 15.6 Å². The van der Waals surface area contributed by atoms with E-state index in [1.807, 2.05) is 42.1 Å². The predicted octanol–water partition coefficient (Wildman–Crippen LogP) is 3.83. The first-order chi connectivity index (χ1) is 13.6. The van der Waals surface area contributed by atoms with Gasteiger partial charge in [-0.1, -0.05) is 31.4 Å². The van der Waals surface area contributed by atoms with Gasteiger partial charge in [0.15, 0.2) is 0 Å². The fourth-order valence-corrected chi connectivity index (χ4v) is 4.37. The van der Waals surface area contributed by atoms with Crippen molar-refractivity contribution in [2.24, 2.45) is 0 Å². The third-order valence-corrected chi connectivity index (χ3v) is 5.88. The molecule has 150 valence electrons. The van der Waals surface area contributed by atoms with Crippen molar-refractivity contribution in [3.8, 4) is 11.3 Å². The average Bonchev–Trinajstić information content (AvgIpc) is 2.72. The van der Waals surface area contributed by atoms with Gasteiger partial charge in [0.2, 0.25) is 0 Å². The summed E-state index contributed by atoms with van der Waals surface area (Å²) in [6.07, 6.45) is 8.43. The Balaban J connectivity index is 0.000000878. The number of carbonyl (C=O) groups is 2. The van der Waals surface area contributed by atoms with Gasteiger partial charge in [0.05, 0.1) is 5.69 Å². The van der Waals surface area contributed by atoms with E-state index in [1.54, 1.807) is 12.3 Å². The number of nitrogens with two attached hydrogens (primary N) is 1. The second-order valence-electron chi connectivity index (χ2n) is 6.55. The van der Waals surface area contributed by atoms with Gasteiger partial charge in [-0.25, -0.2) is 0 Å². The molecular weight excluding hydrogens is 374 g/mol. The molecule has 1 fully saturated rings. The van der Waals surface area contributed by atoms with Crippen LogP contribution in [-0.4, -0.2) is 40.0 Å². The summed E-state index contributed by atoms with van der Waals surface area (Å²) in [4.78, 5) is 25.1. The Morgan fingerprint density at radius 1 is 1.25 bits per heavy atom. The molecule has 0 atom stereocenters. The quantitative estimate of drug-likeness (QED) is 0.502. The van der Waals surface area contributed by atoms with E-state index in [0.717, 1.165) is 22.3 Å². The molecule has 0 spiro atoms. The summed E-state index contributed by atoms with van der Waals surface area (Å²) in [5.41, 5.74) is 8.82. The van der Waals surface area contributed by atoms with Gasteiger partial charge in [0, 0.05) is 40.6 Å². The highest BCUT2D eigenvalue weighted by Crippen LogP contribution is 2.27. The van der Waals surface area contributed by atoms with Crippen LogP contribution in [0.15, 0.2) is 42.6 Å². The van der Waals surface area contributed by atoms with Crippen LogP contribution in [0, 0.1) is 0 Å². The minimum absolute atomic E-state index is 0.0324. The normalized spacial score (nSPS) is 13.9. The van der Waals surface area contributed by atoms with Crippen molar-refractivity contribution in [2.75, 3.05) is 18.0 Å². The predicted molar refractivity (Wildman–Crippen MR) is 114 cm³/mol. The molecule has 1 aliphatic rings. The lowest BCUT2D eigenvalue weighted by Gasteiger charge is -2.20.